The van der Waals surface area contributed by atoms with Crippen LogP contribution >= 0.6 is 15.9 Å². The van der Waals surface area contributed by atoms with Gasteiger partial charge in [0.05, 0.1) is 0 Å². The number of hydrogen-bond donors (Lipinski definition) is 0. The van der Waals surface area contributed by atoms with E-state index in [1.165, 1.54) is 57.8 Å². The molecule has 13 heavy (non-hydrogen) atoms. The van der Waals surface area contributed by atoms with Gasteiger partial charge in [-0.2, -0.15) is 0 Å². The number of alkyl halides is 1. The van der Waals surface area contributed by atoms with Crippen LogP contribution in [0.15, 0.2) is 12.2 Å². The van der Waals surface area contributed by atoms with Crippen LogP contribution in [0, 0.1) is 0 Å². The standard InChI is InChI=1S/C12H21Br/c13-12-10-8-6-4-2-1-3-5-7-9-11-12/h8,10,12H,1-7,9,11H2/b10-8+. The molecule has 0 N–H and O–H groups in total. The largest absolute Gasteiger partial charge is 0.0874 e. The Morgan fingerprint density at radius 1 is 0.846 bits per heavy atom. The zero-order valence-corrected chi connectivity index (χ0v) is 10.1. The highest BCUT2D eigenvalue weighted by atomic mass is 79.9. The summed E-state index contributed by atoms with van der Waals surface area (Å²) in [5, 5.41) is 0. The number of rotatable bonds is 0. The molecule has 76 valence electrons. The molecule has 0 aromatic heterocycles. The summed E-state index contributed by atoms with van der Waals surface area (Å²) in [5.41, 5.74) is 0. The quantitative estimate of drug-likeness (QED) is 0.423. The summed E-state index contributed by atoms with van der Waals surface area (Å²) in [7, 11) is 0. The van der Waals surface area contributed by atoms with Gasteiger partial charge in [-0.05, 0) is 19.3 Å². The summed E-state index contributed by atoms with van der Waals surface area (Å²) in [5.74, 6) is 0. The second kappa shape index (κ2) is 7.61. The predicted molar refractivity (Wildman–Crippen MR) is 63.4 cm³/mol. The molecule has 1 heteroatoms. The number of allylic oxidation sites excluding steroid dienone is 2. The van der Waals surface area contributed by atoms with Gasteiger partial charge in [-0.1, -0.05) is 66.6 Å². The van der Waals surface area contributed by atoms with Crippen molar-refractivity contribution in [2.75, 3.05) is 0 Å². The van der Waals surface area contributed by atoms with Crippen molar-refractivity contribution >= 4 is 15.9 Å². The second-order valence-corrected chi connectivity index (χ2v) is 5.17. The Labute approximate surface area is 90.9 Å². The third kappa shape index (κ3) is 6.31. The first-order valence-corrected chi connectivity index (χ1v) is 6.62. The van der Waals surface area contributed by atoms with Crippen molar-refractivity contribution in [3.05, 3.63) is 12.2 Å². The van der Waals surface area contributed by atoms with Crippen molar-refractivity contribution in [1.29, 1.82) is 0 Å². The van der Waals surface area contributed by atoms with Gasteiger partial charge in [-0.3, -0.25) is 0 Å². The highest BCUT2D eigenvalue weighted by molar-refractivity contribution is 9.09. The molecule has 0 saturated heterocycles. The highest BCUT2D eigenvalue weighted by Gasteiger charge is 1.99. The van der Waals surface area contributed by atoms with Gasteiger partial charge in [0.25, 0.3) is 0 Å². The van der Waals surface area contributed by atoms with E-state index in [1.54, 1.807) is 0 Å². The van der Waals surface area contributed by atoms with Gasteiger partial charge in [0.1, 0.15) is 0 Å². The molecule has 0 amide bonds. The van der Waals surface area contributed by atoms with E-state index in [-0.39, 0.29) is 0 Å². The summed E-state index contributed by atoms with van der Waals surface area (Å²) < 4.78 is 0. The predicted octanol–water partition coefficient (Wildman–Crippen LogP) is 4.83. The molecule has 0 spiro atoms. The van der Waals surface area contributed by atoms with Gasteiger partial charge in [0.2, 0.25) is 0 Å². The average Bonchev–Trinajstić information content (AvgIpc) is 2.11. The lowest BCUT2D eigenvalue weighted by Crippen LogP contribution is -1.93. The molecule has 1 atom stereocenters. The zero-order chi connectivity index (χ0) is 9.36. The van der Waals surface area contributed by atoms with Crippen LogP contribution in [0.1, 0.15) is 57.8 Å². The molecule has 1 aliphatic rings. The highest BCUT2D eigenvalue weighted by Crippen LogP contribution is 2.16. The van der Waals surface area contributed by atoms with E-state index in [9.17, 15) is 0 Å². The Morgan fingerprint density at radius 3 is 2.23 bits per heavy atom. The smallest absolute Gasteiger partial charge is 0.0325 e. The maximum atomic E-state index is 3.69. The molecule has 0 heterocycles. The summed E-state index contributed by atoms with van der Waals surface area (Å²) in [6.45, 7) is 0. The Bertz CT molecular complexity index is 140. The zero-order valence-electron chi connectivity index (χ0n) is 8.47. The molecule has 0 radical (unpaired) electrons. The molecular formula is C12H21Br. The molecular weight excluding hydrogens is 224 g/mol. The maximum Gasteiger partial charge on any atom is 0.0325 e. The van der Waals surface area contributed by atoms with Crippen LogP contribution in [0.4, 0.5) is 0 Å². The van der Waals surface area contributed by atoms with Crippen molar-refractivity contribution < 1.29 is 0 Å². The molecule has 0 fully saturated rings. The van der Waals surface area contributed by atoms with E-state index >= 15 is 0 Å². The third-order valence-electron chi connectivity index (χ3n) is 2.70. The monoisotopic (exact) mass is 244 g/mol. The molecule has 0 aromatic carbocycles. The first-order chi connectivity index (χ1) is 6.39. The minimum atomic E-state index is 0.631. The van der Waals surface area contributed by atoms with E-state index in [0.717, 1.165) is 0 Å². The van der Waals surface area contributed by atoms with Crippen LogP contribution in [0.25, 0.3) is 0 Å². The van der Waals surface area contributed by atoms with E-state index in [2.05, 4.69) is 28.1 Å². The Hall–Kier alpha value is 0.220. The summed E-state index contributed by atoms with van der Waals surface area (Å²) >= 11 is 3.69. The van der Waals surface area contributed by atoms with Crippen molar-refractivity contribution in [2.24, 2.45) is 0 Å². The van der Waals surface area contributed by atoms with Gasteiger partial charge in [-0.15, -0.1) is 0 Å². The lowest BCUT2D eigenvalue weighted by molar-refractivity contribution is 0.569. The molecule has 1 unspecified atom stereocenters. The van der Waals surface area contributed by atoms with Gasteiger partial charge < -0.3 is 0 Å². The van der Waals surface area contributed by atoms with Crippen LogP contribution in [0.5, 0.6) is 0 Å². The Balaban J connectivity index is 2.22. The number of hydrogen-bond acceptors (Lipinski definition) is 0. The van der Waals surface area contributed by atoms with Crippen LogP contribution < -0.4 is 0 Å². The lowest BCUT2D eigenvalue weighted by atomic mass is 10.0. The number of halogens is 1. The first kappa shape index (κ1) is 11.3. The Kier molecular flexibility index (Phi) is 6.61. The van der Waals surface area contributed by atoms with Gasteiger partial charge in [0.15, 0.2) is 0 Å². The first-order valence-electron chi connectivity index (χ1n) is 5.70. The van der Waals surface area contributed by atoms with E-state index in [0.29, 0.717) is 4.83 Å². The van der Waals surface area contributed by atoms with E-state index in [1.807, 2.05) is 0 Å². The van der Waals surface area contributed by atoms with Crippen LogP contribution in [0.3, 0.4) is 0 Å². The normalized spacial score (nSPS) is 30.1. The molecule has 0 aromatic rings. The molecule has 0 saturated carbocycles. The fourth-order valence-corrected chi connectivity index (χ4v) is 2.37. The van der Waals surface area contributed by atoms with Gasteiger partial charge >= 0.3 is 0 Å². The molecule has 1 aliphatic carbocycles. The Morgan fingerprint density at radius 2 is 1.46 bits per heavy atom. The minimum Gasteiger partial charge on any atom is -0.0874 e. The summed E-state index contributed by atoms with van der Waals surface area (Å²) in [4.78, 5) is 0.631. The minimum absolute atomic E-state index is 0.631. The summed E-state index contributed by atoms with van der Waals surface area (Å²) in [6.07, 6.45) is 17.3. The lowest BCUT2D eigenvalue weighted by Gasteiger charge is -2.06. The molecule has 0 nitrogen and oxygen atoms in total. The van der Waals surface area contributed by atoms with E-state index < -0.39 is 0 Å². The van der Waals surface area contributed by atoms with Crippen molar-refractivity contribution in [2.45, 2.75) is 62.6 Å². The third-order valence-corrected chi connectivity index (χ3v) is 3.46. The average molecular weight is 245 g/mol. The van der Waals surface area contributed by atoms with Crippen LogP contribution in [-0.2, 0) is 0 Å². The maximum absolute atomic E-state index is 3.69. The topological polar surface area (TPSA) is 0 Å². The van der Waals surface area contributed by atoms with Crippen molar-refractivity contribution in [3.63, 3.8) is 0 Å². The fraction of sp³-hybridized carbons (Fsp3) is 0.833. The van der Waals surface area contributed by atoms with Crippen molar-refractivity contribution in [3.8, 4) is 0 Å². The molecule has 0 bridgehead atoms. The van der Waals surface area contributed by atoms with Crippen LogP contribution in [0.2, 0.25) is 0 Å². The fourth-order valence-electron chi connectivity index (χ4n) is 1.83. The van der Waals surface area contributed by atoms with Crippen molar-refractivity contribution in [1.82, 2.24) is 0 Å². The molecule has 0 aliphatic heterocycles. The van der Waals surface area contributed by atoms with Crippen LogP contribution in [-0.4, -0.2) is 4.83 Å². The molecule has 1 rings (SSSR count). The SMILES string of the molecule is BrC1/C=C/CCCCCCCCC1. The summed E-state index contributed by atoms with van der Waals surface area (Å²) in [6, 6.07) is 0. The van der Waals surface area contributed by atoms with Gasteiger partial charge in [-0.25, -0.2) is 0 Å². The van der Waals surface area contributed by atoms with E-state index in [4.69, 9.17) is 0 Å². The van der Waals surface area contributed by atoms with Gasteiger partial charge in [0, 0.05) is 4.83 Å². The second-order valence-electron chi connectivity index (χ2n) is 4.00.